The summed E-state index contributed by atoms with van der Waals surface area (Å²) < 4.78 is 0. The summed E-state index contributed by atoms with van der Waals surface area (Å²) in [7, 11) is 4.06. The summed E-state index contributed by atoms with van der Waals surface area (Å²) in [5.74, 6) is 0.0518. The average Bonchev–Trinajstić information content (AvgIpc) is 2.73. The van der Waals surface area contributed by atoms with Crippen molar-refractivity contribution in [1.82, 2.24) is 15.6 Å². The van der Waals surface area contributed by atoms with E-state index in [0.717, 1.165) is 48.1 Å². The molecule has 0 radical (unpaired) electrons. The Morgan fingerprint density at radius 1 is 1.12 bits per heavy atom. The van der Waals surface area contributed by atoms with Gasteiger partial charge in [0.1, 0.15) is 11.9 Å². The molecule has 0 aliphatic heterocycles. The number of benzene rings is 1. The van der Waals surface area contributed by atoms with Crippen LogP contribution in [0.2, 0.25) is 0 Å². The first-order valence-corrected chi connectivity index (χ1v) is 11.4. The number of carbonyl (C=O) groups is 2. The number of nitrogens with one attached hydrogen (secondary N) is 3. The van der Waals surface area contributed by atoms with E-state index in [1.807, 2.05) is 46.1 Å². The maximum absolute atomic E-state index is 12.3. The fourth-order valence-corrected chi connectivity index (χ4v) is 4.27. The van der Waals surface area contributed by atoms with Gasteiger partial charge in [-0.3, -0.25) is 0 Å². The Labute approximate surface area is 189 Å². The highest BCUT2D eigenvalue weighted by Crippen LogP contribution is 2.29. The van der Waals surface area contributed by atoms with Gasteiger partial charge in [-0.05, 0) is 44.1 Å². The Kier molecular flexibility index (Phi) is 7.77. The fraction of sp³-hybridized carbons (Fsp3) is 0.542. The molecule has 1 unspecified atom stereocenters. The number of hydrogen-bond donors (Lipinski definition) is 4. The van der Waals surface area contributed by atoms with Crippen LogP contribution in [0, 0.1) is 5.92 Å². The monoisotopic (exact) mass is 441 g/mol. The number of carbonyl (C=O) groups excluding carboxylic acids is 1. The van der Waals surface area contributed by atoms with Gasteiger partial charge in [0.05, 0.1) is 5.52 Å². The van der Waals surface area contributed by atoms with Crippen molar-refractivity contribution in [2.24, 2.45) is 5.92 Å². The van der Waals surface area contributed by atoms with Crippen molar-refractivity contribution in [2.45, 2.75) is 64.1 Å². The zero-order valence-electron chi connectivity index (χ0n) is 19.4. The highest BCUT2D eigenvalue weighted by atomic mass is 16.4. The van der Waals surface area contributed by atoms with Crippen LogP contribution in [-0.2, 0) is 4.79 Å². The van der Waals surface area contributed by atoms with E-state index >= 15 is 0 Å². The Hall–Kier alpha value is -3.03. The van der Waals surface area contributed by atoms with E-state index in [9.17, 15) is 14.7 Å². The molecule has 1 aromatic carbocycles. The topological polar surface area (TPSA) is 107 Å². The molecule has 1 aliphatic rings. The summed E-state index contributed by atoms with van der Waals surface area (Å²) >= 11 is 0. The van der Waals surface area contributed by atoms with Gasteiger partial charge in [-0.2, -0.15) is 0 Å². The normalized spacial score (nSPS) is 19.4. The Morgan fingerprint density at radius 2 is 1.78 bits per heavy atom. The number of rotatable bonds is 8. The quantitative estimate of drug-likeness (QED) is 0.496. The molecule has 1 saturated carbocycles. The highest BCUT2D eigenvalue weighted by molar-refractivity contribution is 5.93. The minimum atomic E-state index is -0.998. The lowest BCUT2D eigenvalue weighted by atomic mass is 9.91. The van der Waals surface area contributed by atoms with Crippen molar-refractivity contribution in [3.8, 4) is 0 Å². The van der Waals surface area contributed by atoms with Crippen LogP contribution >= 0.6 is 0 Å². The van der Waals surface area contributed by atoms with Crippen molar-refractivity contribution >= 4 is 34.4 Å². The molecule has 32 heavy (non-hydrogen) atoms. The molecule has 3 rings (SSSR count). The number of para-hydroxylation sites is 1. The number of fused-ring (bicyclic) bond motifs is 1. The van der Waals surface area contributed by atoms with Crippen LogP contribution in [0.25, 0.3) is 10.9 Å². The largest absolute Gasteiger partial charge is 0.480 e. The van der Waals surface area contributed by atoms with E-state index < -0.39 is 18.0 Å². The zero-order chi connectivity index (χ0) is 23.3. The molecule has 8 nitrogen and oxygen atoms in total. The van der Waals surface area contributed by atoms with Crippen molar-refractivity contribution in [3.05, 3.63) is 30.3 Å². The molecule has 0 saturated heterocycles. The summed E-state index contributed by atoms with van der Waals surface area (Å²) in [5.41, 5.74) is 2.09. The molecule has 8 heteroatoms. The molecule has 1 atom stereocenters. The van der Waals surface area contributed by atoms with Crippen LogP contribution in [-0.4, -0.2) is 54.3 Å². The summed E-state index contributed by atoms with van der Waals surface area (Å²) in [5, 5.41) is 19.5. The molecule has 2 amide bonds. The lowest BCUT2D eigenvalue weighted by Gasteiger charge is -2.30. The smallest absolute Gasteiger partial charge is 0.326 e. The van der Waals surface area contributed by atoms with Crippen LogP contribution in [0.15, 0.2) is 30.3 Å². The molecule has 2 aromatic rings. The maximum Gasteiger partial charge on any atom is 0.326 e. The molecule has 0 bridgehead atoms. The Balaban J connectivity index is 1.54. The molecule has 4 N–H and O–H groups in total. The lowest BCUT2D eigenvalue weighted by molar-refractivity contribution is -0.139. The number of urea groups is 1. The summed E-state index contributed by atoms with van der Waals surface area (Å²) in [4.78, 5) is 30.5. The van der Waals surface area contributed by atoms with Gasteiger partial charge in [-0.1, -0.05) is 32.0 Å². The average molecular weight is 442 g/mol. The standard InChI is InChI=1S/C24H35N5O3/c1-15(2)13-20(23(30)31)28-24(32)26-17-11-9-16(10-12-17)25-22-14-21(29(3)4)18-7-5-6-8-19(18)27-22/h5-8,14-17,20H,9-13H2,1-4H3,(H,25,27)(H,30,31)(H2,26,28,32). The number of carboxylic acid groups (broad SMARTS) is 1. The minimum Gasteiger partial charge on any atom is -0.480 e. The predicted molar refractivity (Wildman–Crippen MR) is 128 cm³/mol. The van der Waals surface area contributed by atoms with E-state index in [4.69, 9.17) is 4.98 Å². The van der Waals surface area contributed by atoms with Gasteiger partial charge in [0, 0.05) is 43.3 Å². The minimum absolute atomic E-state index is 0.0449. The molecule has 1 aromatic heterocycles. The number of pyridine rings is 1. The predicted octanol–water partition coefficient (Wildman–Crippen LogP) is 3.82. The number of aromatic nitrogens is 1. The van der Waals surface area contributed by atoms with Crippen LogP contribution in [0.1, 0.15) is 46.0 Å². The summed E-state index contributed by atoms with van der Waals surface area (Å²) in [6, 6.07) is 9.28. The Bertz CT molecular complexity index is 938. The first-order chi connectivity index (χ1) is 15.2. The van der Waals surface area contributed by atoms with Gasteiger partial charge in [0.25, 0.3) is 0 Å². The molecule has 1 heterocycles. The van der Waals surface area contributed by atoms with Crippen molar-refractivity contribution in [3.63, 3.8) is 0 Å². The van der Waals surface area contributed by atoms with Gasteiger partial charge < -0.3 is 26.0 Å². The zero-order valence-corrected chi connectivity index (χ0v) is 19.4. The van der Waals surface area contributed by atoms with E-state index in [2.05, 4.69) is 33.0 Å². The third kappa shape index (κ3) is 6.24. The number of hydrogen-bond acceptors (Lipinski definition) is 5. The Morgan fingerprint density at radius 3 is 2.41 bits per heavy atom. The van der Waals surface area contributed by atoms with E-state index in [0.29, 0.717) is 6.42 Å². The van der Waals surface area contributed by atoms with Crippen molar-refractivity contribution in [2.75, 3.05) is 24.3 Å². The third-order valence-corrected chi connectivity index (χ3v) is 5.90. The van der Waals surface area contributed by atoms with Crippen LogP contribution in [0.4, 0.5) is 16.3 Å². The second-order valence-corrected chi connectivity index (χ2v) is 9.27. The molecule has 174 valence electrons. The molecule has 1 fully saturated rings. The first kappa shape index (κ1) is 23.6. The van der Waals surface area contributed by atoms with Gasteiger partial charge >= 0.3 is 12.0 Å². The lowest BCUT2D eigenvalue weighted by Crippen LogP contribution is -2.50. The maximum atomic E-state index is 12.3. The highest BCUT2D eigenvalue weighted by Gasteiger charge is 2.25. The SMILES string of the molecule is CC(C)CC(NC(=O)NC1CCC(Nc2cc(N(C)C)c3ccccc3n2)CC1)C(=O)O. The molecular weight excluding hydrogens is 406 g/mol. The van der Waals surface area contributed by atoms with Gasteiger partial charge in [-0.15, -0.1) is 0 Å². The van der Waals surface area contributed by atoms with Crippen molar-refractivity contribution < 1.29 is 14.7 Å². The van der Waals surface area contributed by atoms with Gasteiger partial charge in [0.15, 0.2) is 0 Å². The number of anilines is 2. The molecular formula is C24H35N5O3. The number of aliphatic carboxylic acids is 1. The van der Waals surface area contributed by atoms with Crippen LogP contribution in [0.5, 0.6) is 0 Å². The van der Waals surface area contributed by atoms with Gasteiger partial charge in [-0.25, -0.2) is 14.6 Å². The second-order valence-electron chi connectivity index (χ2n) is 9.27. The number of nitrogens with zero attached hydrogens (tertiary/aromatic N) is 2. The third-order valence-electron chi connectivity index (χ3n) is 5.90. The molecule has 1 aliphatic carbocycles. The van der Waals surface area contributed by atoms with Crippen LogP contribution in [0.3, 0.4) is 0 Å². The summed E-state index contributed by atoms with van der Waals surface area (Å²) in [6.07, 6.45) is 3.89. The van der Waals surface area contributed by atoms with E-state index in [1.54, 1.807) is 0 Å². The summed E-state index contributed by atoms with van der Waals surface area (Å²) in [6.45, 7) is 3.88. The number of carboxylic acids is 1. The van der Waals surface area contributed by atoms with E-state index in [-0.39, 0.29) is 18.0 Å². The van der Waals surface area contributed by atoms with Gasteiger partial charge in [0.2, 0.25) is 0 Å². The van der Waals surface area contributed by atoms with E-state index in [1.165, 1.54) is 0 Å². The van der Waals surface area contributed by atoms with Crippen LogP contribution < -0.4 is 20.9 Å². The van der Waals surface area contributed by atoms with Crippen molar-refractivity contribution in [1.29, 1.82) is 0 Å². The molecule has 0 spiro atoms. The second kappa shape index (κ2) is 10.5. The first-order valence-electron chi connectivity index (χ1n) is 11.4. The number of amides is 2. The fourth-order valence-electron chi connectivity index (χ4n) is 4.27.